The molecule has 1 aliphatic carbocycles. The lowest BCUT2D eigenvalue weighted by Gasteiger charge is -2.30. The van der Waals surface area contributed by atoms with Crippen molar-refractivity contribution in [3.63, 3.8) is 0 Å². The average molecular weight is 400 g/mol. The molecular formula is C23H22F2O4. The molecule has 6 heteroatoms. The zero-order valence-electron chi connectivity index (χ0n) is 16.3. The lowest BCUT2D eigenvalue weighted by Crippen LogP contribution is -2.20. The second kappa shape index (κ2) is 7.50. The van der Waals surface area contributed by atoms with E-state index in [9.17, 15) is 13.6 Å². The van der Waals surface area contributed by atoms with Gasteiger partial charge in [0.15, 0.2) is 0 Å². The summed E-state index contributed by atoms with van der Waals surface area (Å²) in [5.41, 5.74) is 5.49. The molecule has 1 aliphatic heterocycles. The van der Waals surface area contributed by atoms with Gasteiger partial charge in [0.2, 0.25) is 0 Å². The first kappa shape index (κ1) is 19.4. The summed E-state index contributed by atoms with van der Waals surface area (Å²) < 4.78 is 41.0. The predicted molar refractivity (Wildman–Crippen MR) is 103 cm³/mol. The van der Waals surface area contributed by atoms with Crippen LogP contribution in [0, 0.1) is 19.8 Å². The van der Waals surface area contributed by atoms with Crippen molar-refractivity contribution in [2.45, 2.75) is 46.0 Å². The second-order valence-electron chi connectivity index (χ2n) is 7.52. The molecule has 152 valence electrons. The topological polar surface area (TPSA) is 44.8 Å². The first-order valence-corrected chi connectivity index (χ1v) is 9.54. The maximum atomic E-state index is 12.4. The number of rotatable bonds is 5. The van der Waals surface area contributed by atoms with Gasteiger partial charge in [-0.05, 0) is 67.1 Å². The number of esters is 1. The predicted octanol–water partition coefficient (Wildman–Crippen LogP) is 5.20. The Morgan fingerprint density at radius 1 is 1.28 bits per heavy atom. The van der Waals surface area contributed by atoms with Gasteiger partial charge in [-0.3, -0.25) is 0 Å². The summed E-state index contributed by atoms with van der Waals surface area (Å²) in [6, 6.07) is 8.43. The van der Waals surface area contributed by atoms with Crippen molar-refractivity contribution >= 4 is 5.97 Å². The van der Waals surface area contributed by atoms with Crippen molar-refractivity contribution in [3.8, 4) is 11.5 Å². The number of alkyl halides is 2. The molecule has 4 nitrogen and oxygen atoms in total. The molecule has 0 unspecified atom stereocenters. The van der Waals surface area contributed by atoms with Crippen molar-refractivity contribution in [3.05, 3.63) is 70.3 Å². The number of fused-ring (bicyclic) bond motifs is 3. The first-order chi connectivity index (χ1) is 13.8. The van der Waals surface area contributed by atoms with Gasteiger partial charge < -0.3 is 14.2 Å². The summed E-state index contributed by atoms with van der Waals surface area (Å²) in [5, 5.41) is 0. The fourth-order valence-electron chi connectivity index (χ4n) is 4.30. The third-order valence-corrected chi connectivity index (χ3v) is 5.74. The van der Waals surface area contributed by atoms with Crippen LogP contribution in [0.1, 0.15) is 40.3 Å². The van der Waals surface area contributed by atoms with Crippen LogP contribution in [0.2, 0.25) is 0 Å². The molecule has 0 saturated carbocycles. The molecule has 0 bridgehead atoms. The molecule has 0 aromatic heterocycles. The minimum atomic E-state index is -2.87. The van der Waals surface area contributed by atoms with Gasteiger partial charge in [-0.15, -0.1) is 0 Å². The van der Waals surface area contributed by atoms with E-state index in [2.05, 4.69) is 11.3 Å². The van der Waals surface area contributed by atoms with E-state index >= 15 is 0 Å². The summed E-state index contributed by atoms with van der Waals surface area (Å²) >= 11 is 0. The van der Waals surface area contributed by atoms with E-state index in [-0.39, 0.29) is 30.3 Å². The molecule has 1 saturated heterocycles. The van der Waals surface area contributed by atoms with Crippen LogP contribution in [-0.2, 0) is 22.6 Å². The SMILES string of the molecule is C=C1C(=O)O[C@H]2c3c(C)c(OCc4cccc(OC(F)F)c4)cc(C)c3CC[C@@H]12. The number of aryl methyl sites for hydroxylation is 1. The van der Waals surface area contributed by atoms with E-state index in [0.717, 1.165) is 35.1 Å². The molecule has 1 heterocycles. The van der Waals surface area contributed by atoms with Gasteiger partial charge in [-0.2, -0.15) is 8.78 Å². The Kier molecular flexibility index (Phi) is 5.03. The van der Waals surface area contributed by atoms with Crippen LogP contribution in [0.25, 0.3) is 0 Å². The van der Waals surface area contributed by atoms with Gasteiger partial charge in [0.1, 0.15) is 24.2 Å². The summed E-state index contributed by atoms with van der Waals surface area (Å²) in [4.78, 5) is 12.0. The number of carbonyl (C=O) groups is 1. The second-order valence-corrected chi connectivity index (χ2v) is 7.52. The fraction of sp³-hybridized carbons (Fsp3) is 0.348. The summed E-state index contributed by atoms with van der Waals surface area (Å²) in [5.74, 6) is 0.466. The minimum absolute atomic E-state index is 0.00604. The largest absolute Gasteiger partial charge is 0.489 e. The van der Waals surface area contributed by atoms with Crippen molar-refractivity contribution in [1.29, 1.82) is 0 Å². The maximum Gasteiger partial charge on any atom is 0.387 e. The van der Waals surface area contributed by atoms with Crippen LogP contribution in [0.15, 0.2) is 42.5 Å². The molecule has 2 aliphatic rings. The highest BCUT2D eigenvalue weighted by Gasteiger charge is 2.44. The van der Waals surface area contributed by atoms with E-state index in [1.807, 2.05) is 19.9 Å². The van der Waals surface area contributed by atoms with E-state index < -0.39 is 6.61 Å². The zero-order valence-corrected chi connectivity index (χ0v) is 16.3. The van der Waals surface area contributed by atoms with Crippen LogP contribution >= 0.6 is 0 Å². The molecule has 0 amide bonds. The Morgan fingerprint density at radius 3 is 2.83 bits per heavy atom. The van der Waals surface area contributed by atoms with E-state index in [4.69, 9.17) is 9.47 Å². The Labute approximate surface area is 168 Å². The van der Waals surface area contributed by atoms with Crippen LogP contribution in [0.5, 0.6) is 11.5 Å². The number of benzene rings is 2. The van der Waals surface area contributed by atoms with Crippen molar-refractivity contribution in [2.24, 2.45) is 5.92 Å². The third-order valence-electron chi connectivity index (χ3n) is 5.74. The van der Waals surface area contributed by atoms with Gasteiger partial charge in [-0.1, -0.05) is 18.7 Å². The molecule has 1 fully saturated rings. The number of halogens is 2. The Bertz CT molecular complexity index is 983. The Hall–Kier alpha value is -2.89. The number of hydrogen-bond acceptors (Lipinski definition) is 4. The number of carbonyl (C=O) groups excluding carboxylic acids is 1. The van der Waals surface area contributed by atoms with Crippen molar-refractivity contribution < 1.29 is 27.8 Å². The quantitative estimate of drug-likeness (QED) is 0.511. The fourth-order valence-corrected chi connectivity index (χ4v) is 4.30. The molecule has 29 heavy (non-hydrogen) atoms. The zero-order chi connectivity index (χ0) is 20.7. The minimum Gasteiger partial charge on any atom is -0.489 e. The molecule has 2 aromatic carbocycles. The summed E-state index contributed by atoms with van der Waals surface area (Å²) in [6.07, 6.45) is 1.40. The van der Waals surface area contributed by atoms with Gasteiger partial charge in [0, 0.05) is 17.1 Å². The normalized spacial score (nSPS) is 20.3. The molecule has 0 radical (unpaired) electrons. The summed E-state index contributed by atoms with van der Waals surface area (Å²) in [6.45, 7) is 5.22. The monoisotopic (exact) mass is 400 g/mol. The van der Waals surface area contributed by atoms with E-state index in [0.29, 0.717) is 11.3 Å². The lowest BCUT2D eigenvalue weighted by molar-refractivity contribution is -0.139. The van der Waals surface area contributed by atoms with Crippen LogP contribution in [-0.4, -0.2) is 12.6 Å². The number of hydrogen-bond donors (Lipinski definition) is 0. The highest BCUT2D eigenvalue weighted by atomic mass is 19.3. The third kappa shape index (κ3) is 3.59. The molecule has 4 rings (SSSR count). The van der Waals surface area contributed by atoms with Crippen LogP contribution in [0.3, 0.4) is 0 Å². The lowest BCUT2D eigenvalue weighted by atomic mass is 9.76. The van der Waals surface area contributed by atoms with Gasteiger partial charge in [0.25, 0.3) is 0 Å². The molecule has 2 aromatic rings. The van der Waals surface area contributed by atoms with Gasteiger partial charge >= 0.3 is 12.6 Å². The molecular weight excluding hydrogens is 378 g/mol. The molecule has 0 spiro atoms. The van der Waals surface area contributed by atoms with Crippen LogP contribution < -0.4 is 9.47 Å². The van der Waals surface area contributed by atoms with Crippen molar-refractivity contribution in [2.75, 3.05) is 0 Å². The average Bonchev–Trinajstić information content (AvgIpc) is 2.97. The van der Waals surface area contributed by atoms with Crippen LogP contribution in [0.4, 0.5) is 8.78 Å². The standard InChI is InChI=1S/C23H22F2O4/c1-12-9-19(27-11-15-5-4-6-16(10-15)28-23(24)25)14(3)20-17(12)7-8-18-13(2)22(26)29-21(18)20/h4-6,9-10,18,21,23H,2,7-8,11H2,1,3H3/t18-,21+/m0/s1. The smallest absolute Gasteiger partial charge is 0.387 e. The highest BCUT2D eigenvalue weighted by Crippen LogP contribution is 2.49. The van der Waals surface area contributed by atoms with Gasteiger partial charge in [-0.25, -0.2) is 4.79 Å². The van der Waals surface area contributed by atoms with E-state index in [1.54, 1.807) is 12.1 Å². The maximum absolute atomic E-state index is 12.4. The molecule has 2 atom stereocenters. The number of ether oxygens (including phenoxy) is 3. The molecule has 0 N–H and O–H groups in total. The highest BCUT2D eigenvalue weighted by molar-refractivity contribution is 5.91. The van der Waals surface area contributed by atoms with Crippen molar-refractivity contribution in [1.82, 2.24) is 0 Å². The Morgan fingerprint density at radius 2 is 2.07 bits per heavy atom. The first-order valence-electron chi connectivity index (χ1n) is 9.54. The summed E-state index contributed by atoms with van der Waals surface area (Å²) in [7, 11) is 0. The van der Waals surface area contributed by atoms with E-state index in [1.165, 1.54) is 17.7 Å². The van der Waals surface area contributed by atoms with Gasteiger partial charge in [0.05, 0.1) is 0 Å². The Balaban J connectivity index is 1.60.